The Morgan fingerprint density at radius 1 is 0.947 bits per heavy atom. The third-order valence-corrected chi connectivity index (χ3v) is 8.35. The molecule has 0 spiro atoms. The minimum absolute atomic E-state index is 0.149. The number of carbonyl (C=O) groups excluding carboxylic acids is 1. The number of aliphatic hydroxyl groups is 1. The molecule has 38 heavy (non-hydrogen) atoms. The van der Waals surface area contributed by atoms with Gasteiger partial charge in [0.15, 0.2) is 0 Å². The number of amides is 1. The number of piperidine rings is 1. The highest BCUT2D eigenvalue weighted by molar-refractivity contribution is 5.68. The lowest BCUT2D eigenvalue weighted by Crippen LogP contribution is -2.57. The Bertz CT molecular complexity index is 833. The monoisotopic (exact) mass is 527 g/mol. The van der Waals surface area contributed by atoms with E-state index in [1.54, 1.807) is 0 Å². The van der Waals surface area contributed by atoms with Gasteiger partial charge in [-0.15, -0.1) is 0 Å². The molecule has 5 heteroatoms. The second kappa shape index (κ2) is 15.7. The van der Waals surface area contributed by atoms with Crippen molar-refractivity contribution < 1.29 is 19.4 Å². The molecule has 1 aromatic rings. The summed E-state index contributed by atoms with van der Waals surface area (Å²) < 4.78 is 11.5. The van der Waals surface area contributed by atoms with Gasteiger partial charge in [-0.3, -0.25) is 0 Å². The molecule has 0 bridgehead atoms. The molecule has 0 aromatic heterocycles. The number of carbonyl (C=O) groups is 1. The lowest BCUT2D eigenvalue weighted by Gasteiger charge is -2.52. The Hall–Kier alpha value is -1.85. The second-order valence-corrected chi connectivity index (χ2v) is 12.7. The highest BCUT2D eigenvalue weighted by atomic mass is 16.6. The first kappa shape index (κ1) is 30.7. The van der Waals surface area contributed by atoms with Gasteiger partial charge in [0, 0.05) is 25.1 Å². The summed E-state index contributed by atoms with van der Waals surface area (Å²) in [7, 11) is 0. The summed E-state index contributed by atoms with van der Waals surface area (Å²) in [5, 5.41) is 10.6. The van der Waals surface area contributed by atoms with Crippen molar-refractivity contribution in [3.8, 4) is 0 Å². The summed E-state index contributed by atoms with van der Waals surface area (Å²) in [6.45, 7) is 8.83. The summed E-state index contributed by atoms with van der Waals surface area (Å²) >= 11 is 0. The molecule has 1 aromatic carbocycles. The van der Waals surface area contributed by atoms with Gasteiger partial charge in [0.25, 0.3) is 0 Å². The van der Waals surface area contributed by atoms with Crippen LogP contribution in [0.2, 0.25) is 0 Å². The molecule has 1 fully saturated rings. The lowest BCUT2D eigenvalue weighted by atomic mass is 9.61. The predicted octanol–water partition coefficient (Wildman–Crippen LogP) is 7.92. The van der Waals surface area contributed by atoms with E-state index in [2.05, 4.69) is 36.4 Å². The van der Waals surface area contributed by atoms with Crippen LogP contribution in [-0.4, -0.2) is 48.0 Å². The first-order valence-corrected chi connectivity index (χ1v) is 15.2. The number of likely N-dealkylation sites (tertiary alicyclic amines) is 1. The minimum Gasteiger partial charge on any atom is -0.444 e. The molecular weight excluding hydrogens is 474 g/mol. The Kier molecular flexibility index (Phi) is 12.7. The van der Waals surface area contributed by atoms with Crippen molar-refractivity contribution in [3.05, 3.63) is 48.0 Å². The number of hydrogen-bond acceptors (Lipinski definition) is 4. The van der Waals surface area contributed by atoms with Gasteiger partial charge in [-0.25, -0.2) is 4.79 Å². The highest BCUT2D eigenvalue weighted by Crippen LogP contribution is 2.47. The van der Waals surface area contributed by atoms with E-state index in [0.717, 1.165) is 51.9 Å². The lowest BCUT2D eigenvalue weighted by molar-refractivity contribution is -0.0664. The smallest absolute Gasteiger partial charge is 0.410 e. The van der Waals surface area contributed by atoms with E-state index in [9.17, 15) is 9.90 Å². The van der Waals surface area contributed by atoms with Crippen LogP contribution < -0.4 is 0 Å². The fraction of sp³-hybridized carbons (Fsp3) is 0.727. The summed E-state index contributed by atoms with van der Waals surface area (Å²) in [6, 6.07) is 10.4. The standard InChI is InChI=1S/C33H53NO4/c1-32(2,3)38-31(36)34-24-29-20-14-15-21-30(29)33(26-34,27-35)22-16-9-7-5-4-6-8-10-17-23-37-25-28-18-12-11-13-19-28/h11-15,18-19,29-30,35H,4-10,16-17,20-27H2,1-3H3/t29-,30-,33-/m1/s1. The van der Waals surface area contributed by atoms with Crippen molar-refractivity contribution in [1.29, 1.82) is 0 Å². The Labute approximate surface area is 232 Å². The molecule has 1 saturated heterocycles. The number of rotatable bonds is 15. The molecule has 1 aliphatic carbocycles. The zero-order valence-corrected chi connectivity index (χ0v) is 24.3. The number of allylic oxidation sites excluding steroid dienone is 2. The number of aliphatic hydroxyl groups excluding tert-OH is 1. The Morgan fingerprint density at radius 2 is 1.58 bits per heavy atom. The molecule has 0 radical (unpaired) electrons. The van der Waals surface area contributed by atoms with Gasteiger partial charge in [-0.05, 0) is 63.9 Å². The number of hydrogen-bond donors (Lipinski definition) is 1. The molecule has 1 N–H and O–H groups in total. The van der Waals surface area contributed by atoms with Crippen LogP contribution in [-0.2, 0) is 16.1 Å². The summed E-state index contributed by atoms with van der Waals surface area (Å²) in [6.07, 6.45) is 18.5. The number of unbranched alkanes of at least 4 members (excludes halogenated alkanes) is 8. The van der Waals surface area contributed by atoms with E-state index in [-0.39, 0.29) is 18.1 Å². The SMILES string of the molecule is CC(C)(C)OC(=O)N1C[C@H]2CC=CC[C@H]2[C@](CO)(CCCCCCCCCCCOCc2ccccc2)C1. The van der Waals surface area contributed by atoms with Crippen LogP contribution in [0.15, 0.2) is 42.5 Å². The molecule has 1 amide bonds. The summed E-state index contributed by atoms with van der Waals surface area (Å²) in [5.41, 5.74) is 0.530. The number of benzene rings is 1. The molecule has 3 rings (SSSR count). The first-order valence-electron chi connectivity index (χ1n) is 15.2. The molecule has 1 aliphatic heterocycles. The first-order chi connectivity index (χ1) is 18.3. The molecule has 0 saturated carbocycles. The van der Waals surface area contributed by atoms with Crippen LogP contribution in [0.25, 0.3) is 0 Å². The van der Waals surface area contributed by atoms with E-state index < -0.39 is 5.60 Å². The number of fused-ring (bicyclic) bond motifs is 1. The van der Waals surface area contributed by atoms with Crippen LogP contribution >= 0.6 is 0 Å². The molecule has 2 aliphatic rings. The molecule has 1 heterocycles. The number of ether oxygens (including phenoxy) is 2. The minimum atomic E-state index is -0.502. The van der Waals surface area contributed by atoms with Crippen molar-refractivity contribution in [3.63, 3.8) is 0 Å². The average Bonchev–Trinajstić information content (AvgIpc) is 2.90. The van der Waals surface area contributed by atoms with Crippen molar-refractivity contribution in [2.45, 2.75) is 110 Å². The van der Waals surface area contributed by atoms with Crippen LogP contribution in [0.4, 0.5) is 4.79 Å². The highest BCUT2D eigenvalue weighted by Gasteiger charge is 2.49. The van der Waals surface area contributed by atoms with Crippen LogP contribution in [0.5, 0.6) is 0 Å². The van der Waals surface area contributed by atoms with Gasteiger partial charge in [0.2, 0.25) is 0 Å². The zero-order valence-electron chi connectivity index (χ0n) is 24.3. The normalized spacial score (nSPS) is 23.3. The fourth-order valence-corrected chi connectivity index (χ4v) is 6.33. The topological polar surface area (TPSA) is 59.0 Å². The van der Waals surface area contributed by atoms with Gasteiger partial charge in [0.1, 0.15) is 5.60 Å². The maximum absolute atomic E-state index is 12.9. The molecule has 214 valence electrons. The van der Waals surface area contributed by atoms with Gasteiger partial charge >= 0.3 is 6.09 Å². The second-order valence-electron chi connectivity index (χ2n) is 12.7. The van der Waals surface area contributed by atoms with E-state index in [1.165, 1.54) is 50.5 Å². The van der Waals surface area contributed by atoms with Gasteiger partial charge < -0.3 is 19.5 Å². The summed E-state index contributed by atoms with van der Waals surface area (Å²) in [5.74, 6) is 0.866. The predicted molar refractivity (Wildman–Crippen MR) is 155 cm³/mol. The van der Waals surface area contributed by atoms with E-state index in [0.29, 0.717) is 18.4 Å². The Balaban J connectivity index is 1.30. The van der Waals surface area contributed by atoms with Gasteiger partial charge in [0.05, 0.1) is 13.2 Å². The van der Waals surface area contributed by atoms with Crippen LogP contribution in [0.3, 0.4) is 0 Å². The molecule has 3 atom stereocenters. The summed E-state index contributed by atoms with van der Waals surface area (Å²) in [4.78, 5) is 14.8. The van der Waals surface area contributed by atoms with E-state index in [4.69, 9.17) is 9.47 Å². The van der Waals surface area contributed by atoms with Crippen molar-refractivity contribution in [1.82, 2.24) is 4.90 Å². The van der Waals surface area contributed by atoms with Crippen LogP contribution in [0.1, 0.15) is 103 Å². The van der Waals surface area contributed by atoms with Crippen molar-refractivity contribution in [2.24, 2.45) is 17.3 Å². The van der Waals surface area contributed by atoms with Crippen molar-refractivity contribution >= 4 is 6.09 Å². The van der Waals surface area contributed by atoms with Crippen molar-refractivity contribution in [2.75, 3.05) is 26.3 Å². The third kappa shape index (κ3) is 10.0. The van der Waals surface area contributed by atoms with Crippen LogP contribution in [0, 0.1) is 17.3 Å². The molecule has 5 nitrogen and oxygen atoms in total. The molecular formula is C33H53NO4. The number of nitrogens with zero attached hydrogens (tertiary/aromatic N) is 1. The third-order valence-electron chi connectivity index (χ3n) is 8.35. The molecule has 0 unspecified atom stereocenters. The fourth-order valence-electron chi connectivity index (χ4n) is 6.33. The average molecular weight is 528 g/mol. The van der Waals surface area contributed by atoms with E-state index >= 15 is 0 Å². The van der Waals surface area contributed by atoms with Gasteiger partial charge in [-0.2, -0.15) is 0 Å². The maximum atomic E-state index is 12.9. The maximum Gasteiger partial charge on any atom is 0.410 e. The van der Waals surface area contributed by atoms with E-state index in [1.807, 2.05) is 31.7 Å². The van der Waals surface area contributed by atoms with Gasteiger partial charge in [-0.1, -0.05) is 93.9 Å². The Morgan fingerprint density at radius 3 is 2.24 bits per heavy atom. The quantitative estimate of drug-likeness (QED) is 0.186. The largest absolute Gasteiger partial charge is 0.444 e. The zero-order chi connectivity index (χ0) is 27.3.